The molecule has 0 aliphatic carbocycles. The van der Waals surface area contributed by atoms with E-state index in [1.165, 1.54) is 0 Å². The van der Waals surface area contributed by atoms with Gasteiger partial charge in [-0.05, 0) is 95.2 Å². The number of pyridine rings is 2. The van der Waals surface area contributed by atoms with Crippen molar-refractivity contribution in [2.24, 2.45) is 0 Å². The quantitative estimate of drug-likeness (QED) is 0.278. The Bertz CT molecular complexity index is 1680. The highest BCUT2D eigenvalue weighted by molar-refractivity contribution is 6.35. The highest BCUT2D eigenvalue weighted by atomic mass is 35.5. The van der Waals surface area contributed by atoms with E-state index < -0.39 is 11.2 Å². The third kappa shape index (κ3) is 11.0. The molecule has 0 radical (unpaired) electrons. The smallest absolute Gasteiger partial charge is 0.410 e. The molecule has 1 N–H and O–H groups in total. The predicted molar refractivity (Wildman–Crippen MR) is 187 cm³/mol. The number of amides is 2. The van der Waals surface area contributed by atoms with E-state index in [0.717, 1.165) is 28.2 Å². The van der Waals surface area contributed by atoms with Gasteiger partial charge in [0.05, 0.1) is 47.5 Å². The number of hydrogen-bond donors (Lipinski definition) is 1. The Labute approximate surface area is 291 Å². The Morgan fingerprint density at radius 3 is 1.75 bits per heavy atom. The zero-order chi connectivity index (χ0) is 35.1. The number of nitrogens with zero attached hydrogens (tertiary/aromatic N) is 4. The van der Waals surface area contributed by atoms with E-state index in [4.69, 9.17) is 42.5 Å². The van der Waals surface area contributed by atoms with Gasteiger partial charge in [-0.25, -0.2) is 14.6 Å². The Kier molecular flexibility index (Phi) is 12.1. The lowest BCUT2D eigenvalue weighted by Gasteiger charge is -2.24. The molecule has 1 aromatic carbocycles. The van der Waals surface area contributed by atoms with Crippen LogP contribution in [0.5, 0.6) is 5.75 Å². The fourth-order valence-electron chi connectivity index (χ4n) is 4.64. The SMILES string of the molecule is CC(C)(C)OC(=O)N1CC=C(c2cccc(CO)n2)C1.CC(C)(C)OC(=O)N1CC=C(c2cccc(COc3ccc(Cl)cc3Cl)n2)C1. The predicted octanol–water partition coefficient (Wildman–Crippen LogP) is 7.81. The van der Waals surface area contributed by atoms with Crippen LogP contribution in [0, 0.1) is 0 Å². The molecule has 2 aromatic heterocycles. The second-order valence-electron chi connectivity index (χ2n) is 13.2. The average Bonchev–Trinajstić information content (AvgIpc) is 3.71. The van der Waals surface area contributed by atoms with Crippen molar-refractivity contribution >= 4 is 46.5 Å². The summed E-state index contributed by atoms with van der Waals surface area (Å²) >= 11 is 12.0. The fourth-order valence-corrected chi connectivity index (χ4v) is 5.10. The van der Waals surface area contributed by atoms with Crippen LogP contribution in [-0.2, 0) is 22.7 Å². The third-order valence-electron chi connectivity index (χ3n) is 6.84. The van der Waals surface area contributed by atoms with Crippen LogP contribution in [0.25, 0.3) is 11.1 Å². The van der Waals surface area contributed by atoms with Gasteiger partial charge in [0.25, 0.3) is 0 Å². The standard InChI is InChI=1S/C21H22Cl2N2O3.C15H20N2O3/c1-21(2,3)28-20(26)25-10-9-14(12-25)18-6-4-5-16(24-18)13-27-19-8-7-15(22)11-17(19)23;1-15(2,3)20-14(19)17-8-7-11(9-17)13-6-4-5-12(10-18)16-13/h4-9,11H,10,12-13H2,1-3H3;4-7,18H,8-10H2,1-3H3. The topological polar surface area (TPSA) is 114 Å². The normalized spacial score (nSPS) is 14.5. The molecule has 0 saturated heterocycles. The lowest BCUT2D eigenvalue weighted by molar-refractivity contribution is 0.0295. The maximum absolute atomic E-state index is 12.2. The molecule has 5 rings (SSSR count). The maximum atomic E-state index is 12.2. The fraction of sp³-hybridized carbons (Fsp3) is 0.389. The van der Waals surface area contributed by atoms with Crippen LogP contribution < -0.4 is 4.74 Å². The van der Waals surface area contributed by atoms with Crippen LogP contribution in [0.4, 0.5) is 9.59 Å². The highest BCUT2D eigenvalue weighted by Gasteiger charge is 2.27. The zero-order valence-corrected chi connectivity index (χ0v) is 29.6. The summed E-state index contributed by atoms with van der Waals surface area (Å²) < 4.78 is 16.5. The lowest BCUT2D eigenvalue weighted by Crippen LogP contribution is -2.35. The Morgan fingerprint density at radius 2 is 1.27 bits per heavy atom. The second-order valence-corrected chi connectivity index (χ2v) is 14.1. The molecule has 4 heterocycles. The summed E-state index contributed by atoms with van der Waals surface area (Å²) in [5.74, 6) is 0.550. The van der Waals surface area contributed by atoms with Crippen LogP contribution in [0.2, 0.25) is 10.0 Å². The number of aliphatic hydroxyl groups excluding tert-OH is 1. The van der Waals surface area contributed by atoms with Gasteiger partial charge < -0.3 is 29.1 Å². The summed E-state index contributed by atoms with van der Waals surface area (Å²) in [5, 5.41) is 10.1. The van der Waals surface area contributed by atoms with Gasteiger partial charge in [0.1, 0.15) is 23.6 Å². The molecular formula is C36H42Cl2N4O6. The first-order valence-corrected chi connectivity index (χ1v) is 16.3. The molecule has 12 heteroatoms. The molecule has 256 valence electrons. The van der Waals surface area contributed by atoms with Crippen molar-refractivity contribution in [3.05, 3.63) is 99.6 Å². The molecule has 2 aliphatic rings. The summed E-state index contributed by atoms with van der Waals surface area (Å²) in [4.78, 5) is 36.5. The van der Waals surface area contributed by atoms with E-state index >= 15 is 0 Å². The van der Waals surface area contributed by atoms with Gasteiger partial charge >= 0.3 is 12.2 Å². The number of rotatable bonds is 6. The molecule has 48 heavy (non-hydrogen) atoms. The van der Waals surface area contributed by atoms with Crippen molar-refractivity contribution in [1.29, 1.82) is 0 Å². The molecule has 0 fully saturated rings. The van der Waals surface area contributed by atoms with Gasteiger partial charge in [0.2, 0.25) is 0 Å². The summed E-state index contributed by atoms with van der Waals surface area (Å²) in [6.07, 6.45) is 3.32. The number of carbonyl (C=O) groups is 2. The molecular weight excluding hydrogens is 655 g/mol. The Morgan fingerprint density at radius 1 is 0.771 bits per heavy atom. The monoisotopic (exact) mass is 696 g/mol. The first-order valence-electron chi connectivity index (χ1n) is 15.6. The maximum Gasteiger partial charge on any atom is 0.410 e. The van der Waals surface area contributed by atoms with E-state index in [1.54, 1.807) is 34.1 Å². The van der Waals surface area contributed by atoms with E-state index in [2.05, 4.69) is 9.97 Å². The minimum absolute atomic E-state index is 0.0864. The van der Waals surface area contributed by atoms with Gasteiger partial charge in [-0.2, -0.15) is 0 Å². The number of aliphatic hydroxyl groups is 1. The molecule has 0 unspecified atom stereocenters. The molecule has 2 aliphatic heterocycles. The number of carbonyl (C=O) groups excluding carboxylic acids is 2. The second kappa shape index (κ2) is 15.9. The Hall–Kier alpha value is -4.12. The summed E-state index contributed by atoms with van der Waals surface area (Å²) in [7, 11) is 0. The first-order chi connectivity index (χ1) is 22.6. The first kappa shape index (κ1) is 36.7. The van der Waals surface area contributed by atoms with Crippen molar-refractivity contribution in [2.45, 2.75) is 66.0 Å². The molecule has 3 aromatic rings. The van der Waals surface area contributed by atoms with Gasteiger partial charge in [-0.3, -0.25) is 4.98 Å². The number of benzene rings is 1. The lowest BCUT2D eigenvalue weighted by atomic mass is 10.1. The molecule has 2 amide bonds. The number of hydrogen-bond acceptors (Lipinski definition) is 8. The van der Waals surface area contributed by atoms with Gasteiger partial charge in [0.15, 0.2) is 0 Å². The van der Waals surface area contributed by atoms with Gasteiger partial charge in [0, 0.05) is 18.1 Å². The summed E-state index contributed by atoms with van der Waals surface area (Å²) in [6.45, 7) is 13.3. The minimum Gasteiger partial charge on any atom is -0.486 e. The van der Waals surface area contributed by atoms with E-state index in [9.17, 15) is 9.59 Å². The van der Waals surface area contributed by atoms with Crippen molar-refractivity contribution in [2.75, 3.05) is 26.2 Å². The summed E-state index contributed by atoms with van der Waals surface area (Å²) in [6, 6.07) is 16.3. The van der Waals surface area contributed by atoms with Crippen molar-refractivity contribution < 1.29 is 28.9 Å². The van der Waals surface area contributed by atoms with E-state index in [-0.39, 0.29) is 25.4 Å². The van der Waals surface area contributed by atoms with Crippen molar-refractivity contribution in [3.8, 4) is 5.75 Å². The molecule has 0 saturated carbocycles. The zero-order valence-electron chi connectivity index (χ0n) is 28.1. The largest absolute Gasteiger partial charge is 0.486 e. The van der Waals surface area contributed by atoms with Crippen LogP contribution in [0.1, 0.15) is 64.3 Å². The molecule has 0 bridgehead atoms. The molecule has 0 atom stereocenters. The van der Waals surface area contributed by atoms with E-state index in [0.29, 0.717) is 47.7 Å². The van der Waals surface area contributed by atoms with Gasteiger partial charge in [-0.1, -0.05) is 47.5 Å². The number of aromatic nitrogens is 2. The van der Waals surface area contributed by atoms with Crippen LogP contribution >= 0.6 is 23.2 Å². The van der Waals surface area contributed by atoms with Crippen molar-refractivity contribution in [3.63, 3.8) is 0 Å². The van der Waals surface area contributed by atoms with Crippen LogP contribution in [-0.4, -0.2) is 74.4 Å². The molecule has 0 spiro atoms. The number of halogens is 2. The van der Waals surface area contributed by atoms with Gasteiger partial charge in [-0.15, -0.1) is 0 Å². The Balaban J connectivity index is 0.000000229. The molecule has 10 nitrogen and oxygen atoms in total. The highest BCUT2D eigenvalue weighted by Crippen LogP contribution is 2.28. The number of ether oxygens (including phenoxy) is 3. The van der Waals surface area contributed by atoms with Crippen LogP contribution in [0.15, 0.2) is 66.7 Å². The summed E-state index contributed by atoms with van der Waals surface area (Å²) in [5.41, 5.74) is 3.95. The van der Waals surface area contributed by atoms with Crippen molar-refractivity contribution in [1.82, 2.24) is 19.8 Å². The van der Waals surface area contributed by atoms with Crippen LogP contribution in [0.3, 0.4) is 0 Å². The van der Waals surface area contributed by atoms with E-state index in [1.807, 2.05) is 84.0 Å². The average molecular weight is 698 g/mol. The minimum atomic E-state index is -0.516. The third-order valence-corrected chi connectivity index (χ3v) is 7.38.